The molecule has 0 fully saturated rings. The minimum Gasteiger partial charge on any atom is -0.478 e. The molecule has 0 radical (unpaired) electrons. The second-order valence-electron chi connectivity index (χ2n) is 6.21. The summed E-state index contributed by atoms with van der Waals surface area (Å²) in [7, 11) is 0. The average Bonchev–Trinajstić information content (AvgIpc) is 3.01. The molecule has 0 aliphatic heterocycles. The quantitative estimate of drug-likeness (QED) is 0.505. The molecule has 0 atom stereocenters. The molecule has 3 aromatic rings. The van der Waals surface area contributed by atoms with E-state index in [1.807, 2.05) is 37.3 Å². The maximum Gasteiger partial charge on any atom is 0.292 e. The van der Waals surface area contributed by atoms with E-state index in [4.69, 9.17) is 4.74 Å². The largest absolute Gasteiger partial charge is 0.478 e. The van der Waals surface area contributed by atoms with E-state index in [2.05, 4.69) is 15.4 Å². The number of nitrogens with zero attached hydrogens (tertiary/aromatic N) is 3. The number of benzene rings is 1. The first-order chi connectivity index (χ1) is 13.5. The van der Waals surface area contributed by atoms with Crippen molar-refractivity contribution in [3.8, 4) is 11.6 Å². The molecule has 0 saturated heterocycles. The number of aromatic nitrogens is 3. The number of ketones is 1. The fourth-order valence-electron chi connectivity index (χ4n) is 2.99. The number of rotatable bonds is 7. The van der Waals surface area contributed by atoms with E-state index in [1.54, 1.807) is 36.9 Å². The summed E-state index contributed by atoms with van der Waals surface area (Å²) in [5, 5.41) is 7.08. The van der Waals surface area contributed by atoms with Gasteiger partial charge in [-0.15, -0.1) is 0 Å². The van der Waals surface area contributed by atoms with Gasteiger partial charge in [0.1, 0.15) is 0 Å². The van der Waals surface area contributed by atoms with Crippen LogP contribution >= 0.6 is 0 Å². The zero-order chi connectivity index (χ0) is 20.1. The molecule has 144 valence electrons. The highest BCUT2D eigenvalue weighted by atomic mass is 16.5. The van der Waals surface area contributed by atoms with Crippen molar-refractivity contribution in [2.45, 2.75) is 27.3 Å². The lowest BCUT2D eigenvalue weighted by Crippen LogP contribution is -2.31. The number of carbonyl (C=O) groups excluding carboxylic acids is 2. The van der Waals surface area contributed by atoms with Gasteiger partial charge in [0.2, 0.25) is 5.88 Å². The Morgan fingerprint density at radius 2 is 1.86 bits per heavy atom. The summed E-state index contributed by atoms with van der Waals surface area (Å²) in [4.78, 5) is 29.4. The number of aryl methyl sites for hydroxylation is 1. The molecule has 1 aromatic carbocycles. The highest BCUT2D eigenvalue weighted by Gasteiger charge is 2.25. The molecular formula is C21H22N4O3. The van der Waals surface area contributed by atoms with Crippen LogP contribution in [-0.4, -0.2) is 33.1 Å². The lowest BCUT2D eigenvalue weighted by molar-refractivity contribution is -0.117. The number of Topliss-reactive ketones (excluding diaryl/α,β-unsaturated/α-hetero) is 1. The van der Waals surface area contributed by atoms with Gasteiger partial charge >= 0.3 is 0 Å². The number of carbonyl (C=O) groups is 2. The minimum atomic E-state index is -0.690. The van der Waals surface area contributed by atoms with Crippen LogP contribution in [0.3, 0.4) is 0 Å². The van der Waals surface area contributed by atoms with Gasteiger partial charge in [-0.2, -0.15) is 5.10 Å². The fraction of sp³-hybridized carbons (Fsp3) is 0.238. The van der Waals surface area contributed by atoms with Gasteiger partial charge in [0.25, 0.3) is 11.7 Å². The number of ether oxygens (including phenoxy) is 1. The number of para-hydroxylation sites is 1. The molecule has 0 aliphatic rings. The lowest BCUT2D eigenvalue weighted by Gasteiger charge is -2.09. The van der Waals surface area contributed by atoms with Crippen LogP contribution in [0.25, 0.3) is 5.69 Å². The molecule has 2 aromatic heterocycles. The van der Waals surface area contributed by atoms with Crippen LogP contribution in [-0.2, 0) is 11.3 Å². The molecule has 3 rings (SSSR count). The van der Waals surface area contributed by atoms with Crippen LogP contribution in [0.4, 0.5) is 0 Å². The summed E-state index contributed by atoms with van der Waals surface area (Å²) >= 11 is 0. The van der Waals surface area contributed by atoms with Gasteiger partial charge in [-0.1, -0.05) is 24.3 Å². The molecule has 1 N–H and O–H groups in total. The second-order valence-corrected chi connectivity index (χ2v) is 6.21. The highest BCUT2D eigenvalue weighted by molar-refractivity contribution is 6.43. The maximum atomic E-state index is 12.8. The molecule has 0 spiro atoms. The molecule has 7 nitrogen and oxygen atoms in total. The van der Waals surface area contributed by atoms with Crippen LogP contribution in [0.2, 0.25) is 0 Å². The van der Waals surface area contributed by atoms with E-state index >= 15 is 0 Å². The van der Waals surface area contributed by atoms with Crippen molar-refractivity contribution < 1.29 is 14.3 Å². The number of nitrogens with one attached hydrogen (secondary N) is 1. The van der Waals surface area contributed by atoms with Crippen LogP contribution in [0.5, 0.6) is 5.88 Å². The Bertz CT molecular complexity index is 996. The Labute approximate surface area is 163 Å². The molecule has 0 bridgehead atoms. The Balaban J connectivity index is 1.78. The molecule has 0 unspecified atom stereocenters. The number of hydrogen-bond acceptors (Lipinski definition) is 5. The molecule has 2 heterocycles. The Morgan fingerprint density at radius 1 is 1.11 bits per heavy atom. The smallest absolute Gasteiger partial charge is 0.292 e. The summed E-state index contributed by atoms with van der Waals surface area (Å²) in [6.07, 6.45) is 1.62. The molecule has 0 aliphatic carbocycles. The second kappa shape index (κ2) is 8.47. The van der Waals surface area contributed by atoms with Gasteiger partial charge in [0, 0.05) is 18.3 Å². The average molecular weight is 378 g/mol. The summed E-state index contributed by atoms with van der Waals surface area (Å²) in [5.41, 5.74) is 2.99. The fourth-order valence-corrected chi connectivity index (χ4v) is 2.99. The van der Waals surface area contributed by atoms with E-state index in [0.29, 0.717) is 35.0 Å². The zero-order valence-electron chi connectivity index (χ0n) is 16.1. The summed E-state index contributed by atoms with van der Waals surface area (Å²) < 4.78 is 7.12. The van der Waals surface area contributed by atoms with Crippen LogP contribution in [0.15, 0.2) is 48.7 Å². The molecular weight excluding hydrogens is 356 g/mol. The summed E-state index contributed by atoms with van der Waals surface area (Å²) in [5.74, 6) is -0.855. The highest BCUT2D eigenvalue weighted by Crippen LogP contribution is 2.19. The summed E-state index contributed by atoms with van der Waals surface area (Å²) in [6.45, 7) is 5.98. The van der Waals surface area contributed by atoms with Crippen molar-refractivity contribution >= 4 is 11.7 Å². The Kier molecular flexibility index (Phi) is 5.84. The van der Waals surface area contributed by atoms with Crippen molar-refractivity contribution in [3.63, 3.8) is 0 Å². The minimum absolute atomic E-state index is 0.151. The standard InChI is InChI=1S/C21H22N4O3/c1-4-28-21-16(9-8-12-22-21)13-23-20(27)19(26)18-14(2)24-25(15(18)3)17-10-6-5-7-11-17/h5-12H,4,13H2,1-3H3,(H,23,27). The Morgan fingerprint density at radius 3 is 2.57 bits per heavy atom. The maximum absolute atomic E-state index is 12.8. The first kappa shape index (κ1) is 19.3. The van der Waals surface area contributed by atoms with Crippen molar-refractivity contribution in [2.24, 2.45) is 0 Å². The number of amides is 1. The van der Waals surface area contributed by atoms with Crippen molar-refractivity contribution in [2.75, 3.05) is 6.61 Å². The van der Waals surface area contributed by atoms with E-state index in [9.17, 15) is 9.59 Å². The third-order valence-electron chi connectivity index (χ3n) is 4.30. The molecule has 28 heavy (non-hydrogen) atoms. The predicted octanol–water partition coefficient (Wildman–Crippen LogP) is 2.78. The van der Waals surface area contributed by atoms with Gasteiger partial charge in [-0.25, -0.2) is 9.67 Å². The molecule has 0 saturated carbocycles. The van der Waals surface area contributed by atoms with Crippen molar-refractivity contribution in [1.82, 2.24) is 20.1 Å². The normalized spacial score (nSPS) is 10.5. The van der Waals surface area contributed by atoms with E-state index in [-0.39, 0.29) is 6.54 Å². The van der Waals surface area contributed by atoms with Crippen LogP contribution in [0.1, 0.15) is 34.2 Å². The van der Waals surface area contributed by atoms with Gasteiger partial charge in [-0.3, -0.25) is 9.59 Å². The third-order valence-corrected chi connectivity index (χ3v) is 4.30. The monoisotopic (exact) mass is 378 g/mol. The summed E-state index contributed by atoms with van der Waals surface area (Å²) in [6, 6.07) is 13.0. The van der Waals surface area contributed by atoms with Crippen LogP contribution in [0, 0.1) is 13.8 Å². The van der Waals surface area contributed by atoms with Crippen LogP contribution < -0.4 is 10.1 Å². The lowest BCUT2D eigenvalue weighted by atomic mass is 10.1. The predicted molar refractivity (Wildman–Crippen MR) is 105 cm³/mol. The van der Waals surface area contributed by atoms with Gasteiger partial charge in [0.15, 0.2) is 0 Å². The third kappa shape index (κ3) is 3.93. The van der Waals surface area contributed by atoms with Gasteiger partial charge in [0.05, 0.1) is 29.2 Å². The topological polar surface area (TPSA) is 86.1 Å². The van der Waals surface area contributed by atoms with Crippen molar-refractivity contribution in [1.29, 1.82) is 0 Å². The van der Waals surface area contributed by atoms with E-state index in [0.717, 1.165) is 5.69 Å². The van der Waals surface area contributed by atoms with E-state index in [1.165, 1.54) is 0 Å². The van der Waals surface area contributed by atoms with Crippen molar-refractivity contribution in [3.05, 3.63) is 71.2 Å². The SMILES string of the molecule is CCOc1ncccc1CNC(=O)C(=O)c1c(C)nn(-c2ccccc2)c1C. The number of hydrogen-bond donors (Lipinski definition) is 1. The van der Waals surface area contributed by atoms with E-state index < -0.39 is 11.7 Å². The first-order valence-electron chi connectivity index (χ1n) is 9.03. The zero-order valence-corrected chi connectivity index (χ0v) is 16.1. The molecule has 7 heteroatoms. The van der Waals surface area contributed by atoms with Gasteiger partial charge in [-0.05, 0) is 39.0 Å². The van der Waals surface area contributed by atoms with Gasteiger partial charge < -0.3 is 10.1 Å². The molecule has 1 amide bonds. The first-order valence-corrected chi connectivity index (χ1v) is 9.03. The Hall–Kier alpha value is -3.48. The number of pyridine rings is 1.